The van der Waals surface area contributed by atoms with E-state index in [0.717, 1.165) is 31.6 Å². The number of hydrogen-bond donors (Lipinski definition) is 2. The lowest BCUT2D eigenvalue weighted by Gasteiger charge is -2.54. The summed E-state index contributed by atoms with van der Waals surface area (Å²) in [5.41, 5.74) is 8.91. The maximum atomic E-state index is 14.0. The van der Waals surface area contributed by atoms with Gasteiger partial charge in [-0.15, -0.1) is 0 Å². The lowest BCUT2D eigenvalue weighted by Crippen LogP contribution is -2.68. The number of halogens is 1. The molecule has 182 valence electrons. The molecular weight excluding hydrogens is 447 g/mol. The SMILES string of the molecule is CCOc1nc(N)c2nc(-c3cncc(F)c3)n(CC3=CCC(CN4[C@@H]5CNC[C@@H]4C5)C=C3)c2n1. The van der Waals surface area contributed by atoms with Crippen LogP contribution in [0, 0.1) is 11.7 Å². The highest BCUT2D eigenvalue weighted by molar-refractivity contribution is 5.86. The highest BCUT2D eigenvalue weighted by Gasteiger charge is 2.41. The number of aromatic nitrogens is 5. The van der Waals surface area contributed by atoms with Crippen LogP contribution in [0.3, 0.4) is 0 Å². The maximum absolute atomic E-state index is 14.0. The van der Waals surface area contributed by atoms with Gasteiger partial charge in [0.25, 0.3) is 0 Å². The van der Waals surface area contributed by atoms with Gasteiger partial charge in [-0.05, 0) is 37.3 Å². The standard InChI is InChI=1S/C25H29FN8O/c1-2-35-25-31-22(27)21-24(32-25)34(23(30-21)17-7-18(26)10-28-9-17)14-16-5-3-15(4-6-16)13-33-19-8-20(33)12-29-11-19/h3,5-7,9-10,15,19-20,29H,2,4,8,11-14H2,1H3,(H2,27,31,32)/t15?,19-,20-/m0/s1. The van der Waals surface area contributed by atoms with Gasteiger partial charge in [0.05, 0.1) is 19.3 Å². The number of imidazole rings is 1. The molecule has 6 rings (SSSR count). The second-order valence-corrected chi connectivity index (χ2v) is 9.44. The number of nitrogens with two attached hydrogens (primary N) is 1. The fourth-order valence-electron chi connectivity index (χ4n) is 5.38. The molecule has 2 saturated heterocycles. The molecule has 0 saturated carbocycles. The van der Waals surface area contributed by atoms with Crippen molar-refractivity contribution in [2.75, 3.05) is 32.0 Å². The molecule has 0 radical (unpaired) electrons. The number of piperazine rings is 1. The summed E-state index contributed by atoms with van der Waals surface area (Å²) in [4.78, 5) is 20.1. The Balaban J connectivity index is 1.29. The predicted octanol–water partition coefficient (Wildman–Crippen LogP) is 2.56. The van der Waals surface area contributed by atoms with E-state index in [4.69, 9.17) is 10.5 Å². The molecule has 2 fully saturated rings. The van der Waals surface area contributed by atoms with Crippen LogP contribution in [-0.2, 0) is 6.54 Å². The van der Waals surface area contributed by atoms with E-state index in [0.29, 0.717) is 53.7 Å². The second kappa shape index (κ2) is 9.01. The minimum Gasteiger partial charge on any atom is -0.464 e. The molecule has 2 aliphatic heterocycles. The van der Waals surface area contributed by atoms with E-state index in [2.05, 4.69) is 48.4 Å². The van der Waals surface area contributed by atoms with Crippen molar-refractivity contribution in [3.63, 3.8) is 0 Å². The molecule has 35 heavy (non-hydrogen) atoms. The van der Waals surface area contributed by atoms with Gasteiger partial charge in [-0.2, -0.15) is 9.97 Å². The molecule has 2 bridgehead atoms. The topological polar surface area (TPSA) is 107 Å². The molecule has 0 spiro atoms. The number of nitrogens with zero attached hydrogens (tertiary/aromatic N) is 6. The number of ether oxygens (including phenoxy) is 1. The number of anilines is 1. The van der Waals surface area contributed by atoms with Crippen molar-refractivity contribution in [2.24, 2.45) is 5.92 Å². The summed E-state index contributed by atoms with van der Waals surface area (Å²) in [5, 5.41) is 3.50. The molecule has 0 amide bonds. The summed E-state index contributed by atoms with van der Waals surface area (Å²) in [7, 11) is 0. The number of hydrogen-bond acceptors (Lipinski definition) is 8. The molecule has 5 heterocycles. The van der Waals surface area contributed by atoms with Crippen molar-refractivity contribution in [3.8, 4) is 17.4 Å². The van der Waals surface area contributed by atoms with Crippen LogP contribution in [-0.4, -0.2) is 67.7 Å². The van der Waals surface area contributed by atoms with E-state index in [1.165, 1.54) is 18.7 Å². The van der Waals surface area contributed by atoms with Gasteiger partial charge in [0.1, 0.15) is 11.6 Å². The van der Waals surface area contributed by atoms with Crippen LogP contribution in [0.5, 0.6) is 6.01 Å². The third-order valence-corrected chi connectivity index (χ3v) is 7.13. The zero-order valence-corrected chi connectivity index (χ0v) is 19.7. The summed E-state index contributed by atoms with van der Waals surface area (Å²) in [6, 6.07) is 3.00. The molecule has 3 atom stereocenters. The van der Waals surface area contributed by atoms with Gasteiger partial charge in [0.2, 0.25) is 0 Å². The number of pyridine rings is 1. The van der Waals surface area contributed by atoms with Gasteiger partial charge in [-0.25, -0.2) is 9.37 Å². The number of nitrogens with one attached hydrogen (secondary N) is 1. The van der Waals surface area contributed by atoms with Crippen molar-refractivity contribution in [1.29, 1.82) is 0 Å². The van der Waals surface area contributed by atoms with Crippen molar-refractivity contribution in [3.05, 3.63) is 48.1 Å². The first-order valence-corrected chi connectivity index (χ1v) is 12.2. The molecule has 0 aromatic carbocycles. The van der Waals surface area contributed by atoms with E-state index < -0.39 is 5.82 Å². The first kappa shape index (κ1) is 22.1. The zero-order chi connectivity index (χ0) is 23.9. The van der Waals surface area contributed by atoms with Gasteiger partial charge in [0, 0.05) is 43.5 Å². The summed E-state index contributed by atoms with van der Waals surface area (Å²) in [6.07, 6.45) is 11.9. The fraction of sp³-hybridized carbons (Fsp3) is 0.440. The number of nitrogen functional groups attached to an aromatic ring is 1. The lowest BCUT2D eigenvalue weighted by atomic mass is 9.86. The smallest absolute Gasteiger partial charge is 0.320 e. The minimum atomic E-state index is -0.430. The Morgan fingerprint density at radius 2 is 2.06 bits per heavy atom. The van der Waals surface area contributed by atoms with Gasteiger partial charge in [-0.3, -0.25) is 9.88 Å². The molecule has 9 nitrogen and oxygen atoms in total. The molecule has 3 aromatic heterocycles. The van der Waals surface area contributed by atoms with Gasteiger partial charge in [-0.1, -0.05) is 18.2 Å². The lowest BCUT2D eigenvalue weighted by molar-refractivity contribution is -0.0206. The number of fused-ring (bicyclic) bond motifs is 3. The minimum absolute atomic E-state index is 0.199. The van der Waals surface area contributed by atoms with Crippen molar-refractivity contribution in [2.45, 2.75) is 38.4 Å². The van der Waals surface area contributed by atoms with E-state index in [1.54, 1.807) is 6.20 Å². The first-order valence-electron chi connectivity index (χ1n) is 12.2. The highest BCUT2D eigenvalue weighted by Crippen LogP contribution is 2.32. The van der Waals surface area contributed by atoms with E-state index >= 15 is 0 Å². The Labute approximate surface area is 202 Å². The van der Waals surface area contributed by atoms with Gasteiger partial charge in [0.15, 0.2) is 17.0 Å². The number of allylic oxidation sites excluding steroid dienone is 3. The van der Waals surface area contributed by atoms with Gasteiger partial charge < -0.3 is 20.4 Å². The van der Waals surface area contributed by atoms with Crippen LogP contribution in [0.15, 0.2) is 42.3 Å². The number of rotatable bonds is 7. The van der Waals surface area contributed by atoms with Crippen molar-refractivity contribution in [1.82, 2.24) is 34.7 Å². The average molecular weight is 477 g/mol. The monoisotopic (exact) mass is 476 g/mol. The molecule has 3 aliphatic rings. The third kappa shape index (κ3) is 4.17. The molecule has 3 N–H and O–H groups in total. The van der Waals surface area contributed by atoms with Crippen LogP contribution in [0.25, 0.3) is 22.6 Å². The Kier molecular flexibility index (Phi) is 5.69. The Morgan fingerprint density at radius 1 is 1.20 bits per heavy atom. The van der Waals surface area contributed by atoms with Crippen LogP contribution in [0.1, 0.15) is 19.8 Å². The number of piperidine rings is 1. The van der Waals surface area contributed by atoms with Crippen LogP contribution >= 0.6 is 0 Å². The van der Waals surface area contributed by atoms with Crippen LogP contribution in [0.2, 0.25) is 0 Å². The van der Waals surface area contributed by atoms with Crippen molar-refractivity contribution >= 4 is 17.0 Å². The Hall–Kier alpha value is -3.37. The Bertz CT molecular complexity index is 1300. The summed E-state index contributed by atoms with van der Waals surface area (Å²) in [6.45, 7) is 6.12. The first-order chi connectivity index (χ1) is 17.1. The average Bonchev–Trinajstić information content (AvgIpc) is 3.23. The maximum Gasteiger partial charge on any atom is 0.320 e. The van der Waals surface area contributed by atoms with E-state index in [-0.39, 0.29) is 11.8 Å². The van der Waals surface area contributed by atoms with Gasteiger partial charge >= 0.3 is 6.01 Å². The Morgan fingerprint density at radius 3 is 2.77 bits per heavy atom. The van der Waals surface area contributed by atoms with E-state index in [1.807, 2.05) is 11.5 Å². The molecule has 1 aliphatic carbocycles. The molecule has 1 unspecified atom stereocenters. The summed E-state index contributed by atoms with van der Waals surface area (Å²) in [5.74, 6) is 0.849. The summed E-state index contributed by atoms with van der Waals surface area (Å²) >= 11 is 0. The molecular formula is C25H29FN8O. The summed E-state index contributed by atoms with van der Waals surface area (Å²) < 4.78 is 21.5. The fourth-order valence-corrected chi connectivity index (χ4v) is 5.38. The molecule has 10 heteroatoms. The quantitative estimate of drug-likeness (QED) is 0.536. The largest absolute Gasteiger partial charge is 0.464 e. The highest BCUT2D eigenvalue weighted by atomic mass is 19.1. The van der Waals surface area contributed by atoms with Crippen molar-refractivity contribution < 1.29 is 9.13 Å². The second-order valence-electron chi connectivity index (χ2n) is 9.44. The molecule has 3 aromatic rings. The normalized spacial score (nSPS) is 23.8. The zero-order valence-electron chi connectivity index (χ0n) is 19.7. The third-order valence-electron chi connectivity index (χ3n) is 7.13. The van der Waals surface area contributed by atoms with Crippen LogP contribution in [0.4, 0.5) is 10.2 Å². The van der Waals surface area contributed by atoms with E-state index in [9.17, 15) is 4.39 Å². The van der Waals surface area contributed by atoms with Crippen LogP contribution < -0.4 is 15.8 Å². The predicted molar refractivity (Wildman–Crippen MR) is 131 cm³/mol.